The van der Waals surface area contributed by atoms with Crippen LogP contribution in [0.5, 0.6) is 0 Å². The summed E-state index contributed by atoms with van der Waals surface area (Å²) in [5.74, 6) is 0.0755. The molecule has 26 heavy (non-hydrogen) atoms. The van der Waals surface area contributed by atoms with E-state index < -0.39 is 0 Å². The molecule has 0 spiro atoms. The topological polar surface area (TPSA) is 61.6 Å². The van der Waals surface area contributed by atoms with Crippen molar-refractivity contribution in [3.05, 3.63) is 48.0 Å². The number of nitrogens with zero attached hydrogens (tertiary/aromatic N) is 2. The molecule has 0 radical (unpaired) electrons. The van der Waals surface area contributed by atoms with Crippen molar-refractivity contribution in [3.8, 4) is 0 Å². The van der Waals surface area contributed by atoms with Gasteiger partial charge in [0.1, 0.15) is 0 Å². The van der Waals surface area contributed by atoms with Crippen LogP contribution in [0.15, 0.2) is 42.5 Å². The summed E-state index contributed by atoms with van der Waals surface area (Å²) in [6.45, 7) is 8.82. The van der Waals surface area contributed by atoms with E-state index in [1.807, 2.05) is 12.1 Å². The molecule has 0 aromatic heterocycles. The smallest absolute Gasteiger partial charge is 0.221 e. The van der Waals surface area contributed by atoms with E-state index in [-0.39, 0.29) is 11.9 Å². The number of piperazine rings is 1. The van der Waals surface area contributed by atoms with E-state index in [1.54, 1.807) is 0 Å². The molecule has 1 aliphatic rings. The van der Waals surface area contributed by atoms with Crippen LogP contribution in [0.25, 0.3) is 10.8 Å². The highest BCUT2D eigenvalue weighted by Gasteiger charge is 2.18. The van der Waals surface area contributed by atoms with Gasteiger partial charge in [0.05, 0.1) is 6.04 Å². The lowest BCUT2D eigenvalue weighted by atomic mass is 10.0. The minimum absolute atomic E-state index is 0.0755. The van der Waals surface area contributed by atoms with Crippen LogP contribution in [0.3, 0.4) is 0 Å². The highest BCUT2D eigenvalue weighted by Crippen LogP contribution is 2.20. The standard InChI is InChI=1S/C21H30N4O/c1-2-24-11-13-25(14-12-24)10-9-21(26)23-20(16-22)19-8-7-17-5-3-4-6-18(17)15-19/h3-8,15,20H,2,9-14,16,22H2,1H3,(H,23,26). The number of rotatable bonds is 7. The number of benzene rings is 2. The molecule has 2 aromatic rings. The molecule has 1 aliphatic heterocycles. The summed E-state index contributed by atoms with van der Waals surface area (Å²) in [5.41, 5.74) is 7.00. The number of likely N-dealkylation sites (N-methyl/N-ethyl adjacent to an activating group) is 1. The first-order valence-electron chi connectivity index (χ1n) is 9.62. The molecule has 1 heterocycles. The maximum atomic E-state index is 12.4. The molecule has 1 amide bonds. The van der Waals surface area contributed by atoms with Gasteiger partial charge in [-0.2, -0.15) is 0 Å². The molecule has 5 nitrogen and oxygen atoms in total. The van der Waals surface area contributed by atoms with Gasteiger partial charge in [-0.3, -0.25) is 4.79 Å². The molecule has 5 heteroatoms. The predicted molar refractivity (Wildman–Crippen MR) is 107 cm³/mol. The van der Waals surface area contributed by atoms with Crippen molar-refractivity contribution in [2.24, 2.45) is 5.73 Å². The van der Waals surface area contributed by atoms with Crippen LogP contribution in [-0.2, 0) is 4.79 Å². The van der Waals surface area contributed by atoms with Gasteiger partial charge in [0.2, 0.25) is 5.91 Å². The highest BCUT2D eigenvalue weighted by molar-refractivity contribution is 5.83. The van der Waals surface area contributed by atoms with Gasteiger partial charge in [0.25, 0.3) is 0 Å². The maximum Gasteiger partial charge on any atom is 0.221 e. The lowest BCUT2D eigenvalue weighted by molar-refractivity contribution is -0.122. The minimum Gasteiger partial charge on any atom is -0.348 e. The number of hydrogen-bond donors (Lipinski definition) is 2. The van der Waals surface area contributed by atoms with Crippen molar-refractivity contribution < 1.29 is 4.79 Å². The van der Waals surface area contributed by atoms with Crippen molar-refractivity contribution in [1.82, 2.24) is 15.1 Å². The second-order valence-electron chi connectivity index (χ2n) is 6.99. The normalized spacial score (nSPS) is 17.3. The SMILES string of the molecule is CCN1CCN(CCC(=O)NC(CN)c2ccc3ccccc3c2)CC1. The van der Waals surface area contributed by atoms with E-state index in [4.69, 9.17) is 5.73 Å². The molecule has 1 unspecified atom stereocenters. The molecular formula is C21H30N4O. The van der Waals surface area contributed by atoms with Gasteiger partial charge in [-0.15, -0.1) is 0 Å². The largest absolute Gasteiger partial charge is 0.348 e. The Kier molecular flexibility index (Phi) is 6.61. The van der Waals surface area contributed by atoms with E-state index in [0.717, 1.165) is 44.8 Å². The highest BCUT2D eigenvalue weighted by atomic mass is 16.1. The average Bonchev–Trinajstić information content (AvgIpc) is 2.70. The van der Waals surface area contributed by atoms with Crippen LogP contribution in [0.4, 0.5) is 0 Å². The fraction of sp³-hybridized carbons (Fsp3) is 0.476. The van der Waals surface area contributed by atoms with Gasteiger partial charge >= 0.3 is 0 Å². The molecule has 3 N–H and O–H groups in total. The van der Waals surface area contributed by atoms with Gasteiger partial charge < -0.3 is 20.9 Å². The third-order valence-electron chi connectivity index (χ3n) is 5.31. The van der Waals surface area contributed by atoms with Gasteiger partial charge in [0, 0.05) is 45.7 Å². The molecule has 1 atom stereocenters. The zero-order valence-electron chi connectivity index (χ0n) is 15.7. The fourth-order valence-electron chi connectivity index (χ4n) is 3.56. The van der Waals surface area contributed by atoms with Gasteiger partial charge in [0.15, 0.2) is 0 Å². The Morgan fingerprint density at radius 1 is 1.08 bits per heavy atom. The van der Waals surface area contributed by atoms with E-state index in [1.165, 1.54) is 10.8 Å². The Hall–Kier alpha value is -1.95. The molecule has 0 saturated carbocycles. The fourth-order valence-corrected chi connectivity index (χ4v) is 3.56. The van der Waals surface area contributed by atoms with Crippen LogP contribution >= 0.6 is 0 Å². The zero-order valence-corrected chi connectivity index (χ0v) is 15.7. The van der Waals surface area contributed by atoms with Crippen LogP contribution < -0.4 is 11.1 Å². The van der Waals surface area contributed by atoms with Crippen molar-refractivity contribution in [3.63, 3.8) is 0 Å². The summed E-state index contributed by atoms with van der Waals surface area (Å²) in [4.78, 5) is 17.2. The Balaban J connectivity index is 1.53. The number of carbonyl (C=O) groups excluding carboxylic acids is 1. The average molecular weight is 354 g/mol. The van der Waals surface area contributed by atoms with Crippen molar-refractivity contribution >= 4 is 16.7 Å². The van der Waals surface area contributed by atoms with E-state index in [2.05, 4.69) is 52.4 Å². The molecule has 0 bridgehead atoms. The summed E-state index contributed by atoms with van der Waals surface area (Å²) in [5, 5.41) is 5.48. The van der Waals surface area contributed by atoms with Crippen LogP contribution in [-0.4, -0.2) is 61.5 Å². The Morgan fingerprint density at radius 3 is 2.46 bits per heavy atom. The molecule has 140 valence electrons. The third kappa shape index (κ3) is 4.81. The second-order valence-corrected chi connectivity index (χ2v) is 6.99. The first kappa shape index (κ1) is 18.8. The number of hydrogen-bond acceptors (Lipinski definition) is 4. The van der Waals surface area contributed by atoms with Crippen molar-refractivity contribution in [2.75, 3.05) is 45.8 Å². The summed E-state index contributed by atoms with van der Waals surface area (Å²) in [6.07, 6.45) is 0.524. The molecule has 0 aliphatic carbocycles. The first-order chi connectivity index (χ1) is 12.7. The molecule has 1 fully saturated rings. The lowest BCUT2D eigenvalue weighted by Crippen LogP contribution is -2.47. The monoisotopic (exact) mass is 354 g/mol. The van der Waals surface area contributed by atoms with Crippen LogP contribution in [0, 0.1) is 0 Å². The number of fused-ring (bicyclic) bond motifs is 1. The van der Waals surface area contributed by atoms with Gasteiger partial charge in [-0.05, 0) is 28.9 Å². The Labute approximate surface area is 156 Å². The minimum atomic E-state index is -0.135. The number of nitrogens with one attached hydrogen (secondary N) is 1. The maximum absolute atomic E-state index is 12.4. The molecule has 3 rings (SSSR count). The molecular weight excluding hydrogens is 324 g/mol. The number of carbonyl (C=O) groups is 1. The number of nitrogens with two attached hydrogens (primary N) is 1. The predicted octanol–water partition coefficient (Wildman–Crippen LogP) is 1.98. The van der Waals surface area contributed by atoms with Crippen molar-refractivity contribution in [2.45, 2.75) is 19.4 Å². The zero-order chi connectivity index (χ0) is 18.4. The number of amides is 1. The summed E-state index contributed by atoms with van der Waals surface area (Å²) in [6, 6.07) is 14.4. The first-order valence-corrected chi connectivity index (χ1v) is 9.62. The summed E-state index contributed by atoms with van der Waals surface area (Å²) < 4.78 is 0. The van der Waals surface area contributed by atoms with E-state index in [0.29, 0.717) is 13.0 Å². The Morgan fingerprint density at radius 2 is 1.77 bits per heavy atom. The second kappa shape index (κ2) is 9.12. The van der Waals surface area contributed by atoms with Crippen LogP contribution in [0.1, 0.15) is 24.9 Å². The lowest BCUT2D eigenvalue weighted by Gasteiger charge is -2.33. The summed E-state index contributed by atoms with van der Waals surface area (Å²) >= 11 is 0. The van der Waals surface area contributed by atoms with Gasteiger partial charge in [-0.1, -0.05) is 43.3 Å². The van der Waals surface area contributed by atoms with Crippen LogP contribution in [0.2, 0.25) is 0 Å². The molecule has 1 saturated heterocycles. The van der Waals surface area contributed by atoms with E-state index in [9.17, 15) is 4.79 Å². The summed E-state index contributed by atoms with van der Waals surface area (Å²) in [7, 11) is 0. The van der Waals surface area contributed by atoms with Gasteiger partial charge in [-0.25, -0.2) is 0 Å². The third-order valence-corrected chi connectivity index (χ3v) is 5.31. The Bertz CT molecular complexity index is 725. The van der Waals surface area contributed by atoms with E-state index >= 15 is 0 Å². The molecule has 2 aromatic carbocycles. The van der Waals surface area contributed by atoms with Crippen molar-refractivity contribution in [1.29, 1.82) is 0 Å². The quantitative estimate of drug-likeness (QED) is 0.798.